The van der Waals surface area contributed by atoms with E-state index >= 15 is 0 Å². The van der Waals surface area contributed by atoms with Crippen LogP contribution < -0.4 is 16.1 Å². The molecule has 2 fully saturated rings. The molecule has 4 rings (SSSR count). The van der Waals surface area contributed by atoms with E-state index in [-0.39, 0.29) is 30.2 Å². The standard InChI is InChI=1S/C33H46N6O5S/c1-21(2)30(44-20-40)32(42)35-23(4)33(43)39-16-6-7-28(37-39)31(41)34-22(3)27-13-12-26-11-10-25(19-29(26)36-27)9-8-24-14-17-38(45-5)18-15-24/h8-13,19-24,28,30,37H,6-7,14-18H2,1-5H3,(H,34,41)(H,35,42)/b9-8+/t22-,23?,28?,30?/m1/s1. The van der Waals surface area contributed by atoms with Crippen LogP contribution in [0.3, 0.4) is 0 Å². The number of carbonyl (C=O) groups excluding carboxylic acids is 4. The number of ether oxygens (including phenoxy) is 1. The summed E-state index contributed by atoms with van der Waals surface area (Å²) in [4.78, 5) is 54.6. The largest absolute Gasteiger partial charge is 0.454 e. The Kier molecular flexibility index (Phi) is 12.4. The van der Waals surface area contributed by atoms with Gasteiger partial charge in [-0.3, -0.25) is 33.5 Å². The molecule has 4 atom stereocenters. The van der Waals surface area contributed by atoms with Crippen LogP contribution in [0.4, 0.5) is 0 Å². The summed E-state index contributed by atoms with van der Waals surface area (Å²) in [5.41, 5.74) is 5.75. The van der Waals surface area contributed by atoms with Crippen molar-refractivity contribution in [2.75, 3.05) is 25.9 Å². The molecule has 244 valence electrons. The SMILES string of the molecule is CSN1CCC(/C=C/c2ccc3ccc([C@@H](C)NC(=O)C4CCCN(C(=O)C(C)NC(=O)C(OC=O)C(C)C)N4)nc3c2)CC1. The van der Waals surface area contributed by atoms with Gasteiger partial charge in [0.25, 0.3) is 18.3 Å². The Balaban J connectivity index is 1.33. The summed E-state index contributed by atoms with van der Waals surface area (Å²) in [6, 6.07) is 8.37. The molecule has 0 spiro atoms. The number of amides is 3. The number of hydrazine groups is 1. The van der Waals surface area contributed by atoms with Crippen LogP contribution >= 0.6 is 11.9 Å². The van der Waals surface area contributed by atoms with Gasteiger partial charge in [0.05, 0.1) is 17.3 Å². The van der Waals surface area contributed by atoms with Gasteiger partial charge in [-0.25, -0.2) is 5.43 Å². The first-order valence-electron chi connectivity index (χ1n) is 15.7. The quantitative estimate of drug-likeness (QED) is 0.236. The number of piperidine rings is 1. The van der Waals surface area contributed by atoms with Gasteiger partial charge in [-0.2, -0.15) is 0 Å². The summed E-state index contributed by atoms with van der Waals surface area (Å²) in [5.74, 6) is -0.831. The molecule has 0 radical (unpaired) electrons. The highest BCUT2D eigenvalue weighted by molar-refractivity contribution is 7.96. The van der Waals surface area contributed by atoms with Crippen LogP contribution in [0, 0.1) is 11.8 Å². The maximum atomic E-state index is 13.3. The lowest BCUT2D eigenvalue weighted by Crippen LogP contribution is -2.61. The number of nitrogens with zero attached hydrogens (tertiary/aromatic N) is 3. The number of pyridine rings is 1. The van der Waals surface area contributed by atoms with E-state index in [1.807, 2.05) is 31.0 Å². The van der Waals surface area contributed by atoms with Crippen LogP contribution in [0.2, 0.25) is 0 Å². The molecule has 0 bridgehead atoms. The van der Waals surface area contributed by atoms with Crippen LogP contribution in [0.25, 0.3) is 17.0 Å². The molecule has 2 saturated heterocycles. The van der Waals surface area contributed by atoms with E-state index in [2.05, 4.69) is 57.0 Å². The number of fused-ring (bicyclic) bond motifs is 1. The van der Waals surface area contributed by atoms with Crippen molar-refractivity contribution in [1.29, 1.82) is 0 Å². The topological polar surface area (TPSA) is 133 Å². The summed E-state index contributed by atoms with van der Waals surface area (Å²) in [5, 5.41) is 8.07. The zero-order valence-corrected chi connectivity index (χ0v) is 27.6. The van der Waals surface area contributed by atoms with E-state index in [1.54, 1.807) is 20.8 Å². The lowest BCUT2D eigenvalue weighted by molar-refractivity contribution is -0.150. The molecule has 1 aromatic heterocycles. The second-order valence-corrected chi connectivity index (χ2v) is 13.0. The summed E-state index contributed by atoms with van der Waals surface area (Å²) in [7, 11) is 0. The Hall–Kier alpha value is -3.48. The molecule has 0 aliphatic carbocycles. The average Bonchev–Trinajstić information content (AvgIpc) is 3.05. The summed E-state index contributed by atoms with van der Waals surface area (Å²) < 4.78 is 7.30. The molecule has 3 N–H and O–H groups in total. The van der Waals surface area contributed by atoms with E-state index in [1.165, 1.54) is 17.9 Å². The molecule has 11 nitrogen and oxygen atoms in total. The number of allylic oxidation sites excluding steroid dienone is 1. The Morgan fingerprint density at radius 3 is 2.47 bits per heavy atom. The number of rotatable bonds is 12. The second-order valence-electron chi connectivity index (χ2n) is 12.2. The van der Waals surface area contributed by atoms with Crippen molar-refractivity contribution in [2.24, 2.45) is 11.8 Å². The molecule has 2 aromatic rings. The fraction of sp³-hybridized carbons (Fsp3) is 0.545. The highest BCUT2D eigenvalue weighted by Crippen LogP contribution is 2.24. The number of nitrogens with one attached hydrogen (secondary N) is 3. The predicted molar refractivity (Wildman–Crippen MR) is 176 cm³/mol. The van der Waals surface area contributed by atoms with Gasteiger partial charge in [0.15, 0.2) is 6.10 Å². The third-order valence-electron chi connectivity index (χ3n) is 8.42. The molecule has 45 heavy (non-hydrogen) atoms. The molecule has 1 aromatic carbocycles. The van der Waals surface area contributed by atoms with Gasteiger partial charge in [-0.15, -0.1) is 0 Å². The van der Waals surface area contributed by atoms with Crippen LogP contribution in [0.5, 0.6) is 0 Å². The summed E-state index contributed by atoms with van der Waals surface area (Å²) in [6.45, 7) is 9.81. The Bertz CT molecular complexity index is 1380. The van der Waals surface area contributed by atoms with Gasteiger partial charge in [-0.1, -0.05) is 56.1 Å². The van der Waals surface area contributed by atoms with E-state index < -0.39 is 24.1 Å². The number of hydrogen-bond acceptors (Lipinski definition) is 9. The first kappa shape index (κ1) is 34.4. The van der Waals surface area contributed by atoms with Gasteiger partial charge in [0.2, 0.25) is 5.91 Å². The van der Waals surface area contributed by atoms with Gasteiger partial charge in [0.1, 0.15) is 12.1 Å². The van der Waals surface area contributed by atoms with Crippen molar-refractivity contribution in [3.8, 4) is 0 Å². The predicted octanol–water partition coefficient (Wildman–Crippen LogP) is 3.61. The lowest BCUT2D eigenvalue weighted by Gasteiger charge is -2.35. The second kappa shape index (κ2) is 16.2. The highest BCUT2D eigenvalue weighted by atomic mass is 32.2. The van der Waals surface area contributed by atoms with Crippen LogP contribution in [-0.4, -0.2) is 82.6 Å². The minimum Gasteiger partial charge on any atom is -0.454 e. The molecule has 2 aliphatic heterocycles. The molecule has 3 heterocycles. The van der Waals surface area contributed by atoms with Gasteiger partial charge in [0, 0.05) is 25.0 Å². The maximum absolute atomic E-state index is 13.3. The van der Waals surface area contributed by atoms with Gasteiger partial charge >= 0.3 is 0 Å². The zero-order valence-electron chi connectivity index (χ0n) is 26.8. The van der Waals surface area contributed by atoms with Gasteiger partial charge in [-0.05, 0) is 75.3 Å². The Morgan fingerprint density at radius 1 is 1.04 bits per heavy atom. The Morgan fingerprint density at radius 2 is 1.78 bits per heavy atom. The van der Waals surface area contributed by atoms with E-state index in [4.69, 9.17) is 9.72 Å². The van der Waals surface area contributed by atoms with Crippen molar-refractivity contribution in [3.63, 3.8) is 0 Å². The zero-order chi connectivity index (χ0) is 32.5. The van der Waals surface area contributed by atoms with Crippen molar-refractivity contribution in [2.45, 2.75) is 77.6 Å². The van der Waals surface area contributed by atoms with Crippen LogP contribution in [-0.2, 0) is 23.9 Å². The molecular weight excluding hydrogens is 592 g/mol. The first-order valence-corrected chi connectivity index (χ1v) is 16.9. The normalized spacial score (nSPS) is 20.1. The number of benzene rings is 1. The minimum absolute atomic E-state index is 0.230. The van der Waals surface area contributed by atoms with Crippen molar-refractivity contribution >= 4 is 53.1 Å². The fourth-order valence-electron chi connectivity index (χ4n) is 5.69. The third kappa shape index (κ3) is 9.27. The number of carbonyl (C=O) groups is 4. The van der Waals surface area contributed by atoms with E-state index in [0.29, 0.717) is 25.3 Å². The third-order valence-corrected chi connectivity index (χ3v) is 9.30. The van der Waals surface area contributed by atoms with Crippen molar-refractivity contribution in [1.82, 2.24) is 30.4 Å². The lowest BCUT2D eigenvalue weighted by atomic mass is 9.96. The molecule has 2 aliphatic rings. The molecular formula is C33H46N6O5S. The minimum atomic E-state index is -0.994. The van der Waals surface area contributed by atoms with Crippen LogP contribution in [0.1, 0.15) is 70.7 Å². The summed E-state index contributed by atoms with van der Waals surface area (Å²) in [6.07, 6.45) is 9.15. The summed E-state index contributed by atoms with van der Waals surface area (Å²) >= 11 is 1.82. The maximum Gasteiger partial charge on any atom is 0.293 e. The average molecular weight is 639 g/mol. The Labute approximate surface area is 270 Å². The number of hydrogen-bond donors (Lipinski definition) is 3. The highest BCUT2D eigenvalue weighted by Gasteiger charge is 2.33. The molecule has 3 amide bonds. The van der Waals surface area contributed by atoms with Crippen LogP contribution in [0.15, 0.2) is 36.4 Å². The van der Waals surface area contributed by atoms with E-state index in [9.17, 15) is 19.2 Å². The molecule has 0 saturated carbocycles. The van der Waals surface area contributed by atoms with Gasteiger partial charge < -0.3 is 15.4 Å². The molecule has 3 unspecified atom stereocenters. The van der Waals surface area contributed by atoms with Crippen molar-refractivity contribution in [3.05, 3.63) is 47.7 Å². The fourth-order valence-corrected chi connectivity index (χ4v) is 6.26. The van der Waals surface area contributed by atoms with E-state index in [0.717, 1.165) is 35.2 Å². The van der Waals surface area contributed by atoms with Crippen molar-refractivity contribution < 1.29 is 23.9 Å². The number of aromatic nitrogens is 1. The first-order chi connectivity index (χ1) is 21.6. The monoisotopic (exact) mass is 638 g/mol. The molecule has 12 heteroatoms. The smallest absolute Gasteiger partial charge is 0.293 e.